The van der Waals surface area contributed by atoms with Crippen molar-refractivity contribution in [1.29, 1.82) is 0 Å². The Kier molecular flexibility index (Phi) is 3.02. The van der Waals surface area contributed by atoms with E-state index < -0.39 is 9.87 Å². The fourth-order valence-corrected chi connectivity index (χ4v) is 3.86. The molecule has 3 fully saturated rings. The van der Waals surface area contributed by atoms with Gasteiger partial charge < -0.3 is 5.32 Å². The summed E-state index contributed by atoms with van der Waals surface area (Å²) in [7, 11) is 0. The van der Waals surface area contributed by atoms with Gasteiger partial charge in [0.05, 0.1) is 0 Å². The molecule has 19 heavy (non-hydrogen) atoms. The van der Waals surface area contributed by atoms with Crippen LogP contribution in [0.1, 0.15) is 39.0 Å². The maximum absolute atomic E-state index is 12.6. The largest absolute Gasteiger partial charge is 0.325 e. The summed E-state index contributed by atoms with van der Waals surface area (Å²) in [6.07, 6.45) is 4.49. The molecule has 6 heteroatoms. The van der Waals surface area contributed by atoms with Gasteiger partial charge in [-0.05, 0) is 25.2 Å². The van der Waals surface area contributed by atoms with Gasteiger partial charge in [-0.1, -0.05) is 19.8 Å². The van der Waals surface area contributed by atoms with Crippen LogP contribution in [0, 0.1) is 11.8 Å². The first-order chi connectivity index (χ1) is 8.87. The molecule has 1 N–H and O–H groups in total. The molecule has 1 spiro atoms. The van der Waals surface area contributed by atoms with E-state index >= 15 is 0 Å². The number of carbonyl (C=O) groups is 2. The number of amides is 3. The molecule has 0 radical (unpaired) electrons. The molecule has 0 aromatic carbocycles. The lowest BCUT2D eigenvalue weighted by molar-refractivity contribution is -0.134. The van der Waals surface area contributed by atoms with Gasteiger partial charge in [0, 0.05) is 12.5 Å². The number of hydrogen-bond donors (Lipinski definition) is 1. The third kappa shape index (κ3) is 2.04. The van der Waals surface area contributed by atoms with Gasteiger partial charge in [-0.25, -0.2) is 4.79 Å². The molecule has 0 bridgehead atoms. The van der Waals surface area contributed by atoms with Crippen molar-refractivity contribution in [2.75, 3.05) is 6.54 Å². The van der Waals surface area contributed by atoms with E-state index in [4.69, 9.17) is 23.2 Å². The maximum Gasteiger partial charge on any atom is 0.325 e. The van der Waals surface area contributed by atoms with Gasteiger partial charge in [0.2, 0.25) is 0 Å². The van der Waals surface area contributed by atoms with Crippen LogP contribution in [-0.2, 0) is 4.79 Å². The maximum atomic E-state index is 12.6. The van der Waals surface area contributed by atoms with Crippen LogP contribution in [0.4, 0.5) is 4.79 Å². The zero-order valence-electron chi connectivity index (χ0n) is 10.9. The molecule has 3 rings (SSSR count). The molecule has 0 aromatic heterocycles. The first-order valence-electron chi connectivity index (χ1n) is 6.89. The Hall–Kier alpha value is -0.480. The molecule has 3 amide bonds. The Morgan fingerprint density at radius 3 is 2.63 bits per heavy atom. The molecule has 0 unspecified atom stereocenters. The normalized spacial score (nSPS) is 40.7. The first-order valence-corrected chi connectivity index (χ1v) is 7.64. The summed E-state index contributed by atoms with van der Waals surface area (Å²) in [6, 6.07) is -0.283. The number of nitrogens with zero attached hydrogens (tertiary/aromatic N) is 1. The number of rotatable bonds is 2. The van der Waals surface area contributed by atoms with Crippen LogP contribution in [0.15, 0.2) is 0 Å². The Bertz CT molecular complexity index is 440. The number of halogens is 2. The van der Waals surface area contributed by atoms with Crippen molar-refractivity contribution in [2.45, 2.75) is 48.9 Å². The van der Waals surface area contributed by atoms with Crippen molar-refractivity contribution < 1.29 is 9.59 Å². The van der Waals surface area contributed by atoms with Gasteiger partial charge in [-0.2, -0.15) is 0 Å². The number of alkyl halides is 2. The van der Waals surface area contributed by atoms with E-state index in [-0.39, 0.29) is 23.8 Å². The number of nitrogens with one attached hydrogen (secondary N) is 1. The van der Waals surface area contributed by atoms with Crippen LogP contribution in [0.5, 0.6) is 0 Å². The second-order valence-corrected chi connectivity index (χ2v) is 7.67. The molecule has 0 aromatic rings. The Labute approximate surface area is 122 Å². The number of imide groups is 1. The lowest BCUT2D eigenvalue weighted by Gasteiger charge is -2.36. The summed E-state index contributed by atoms with van der Waals surface area (Å²) < 4.78 is -0.755. The molecule has 3 atom stereocenters. The lowest BCUT2D eigenvalue weighted by atomic mass is 9.73. The molecular weight excluding hydrogens is 287 g/mol. The van der Waals surface area contributed by atoms with Crippen molar-refractivity contribution >= 4 is 35.1 Å². The van der Waals surface area contributed by atoms with Crippen LogP contribution in [-0.4, -0.2) is 33.3 Å². The molecular formula is C13H18Cl2N2O2. The molecule has 1 heterocycles. The third-order valence-electron chi connectivity index (χ3n) is 4.86. The molecule has 1 saturated heterocycles. The van der Waals surface area contributed by atoms with Crippen molar-refractivity contribution in [3.05, 3.63) is 0 Å². The van der Waals surface area contributed by atoms with E-state index in [9.17, 15) is 9.59 Å². The summed E-state index contributed by atoms with van der Waals surface area (Å²) in [5, 5.41) is 2.93. The van der Waals surface area contributed by atoms with E-state index in [0.29, 0.717) is 13.0 Å². The molecule has 4 nitrogen and oxygen atoms in total. The van der Waals surface area contributed by atoms with Crippen LogP contribution in [0.3, 0.4) is 0 Å². The Morgan fingerprint density at radius 2 is 2.05 bits per heavy atom. The summed E-state index contributed by atoms with van der Waals surface area (Å²) in [4.78, 5) is 26.0. The van der Waals surface area contributed by atoms with Crippen LogP contribution in [0.2, 0.25) is 0 Å². The lowest BCUT2D eigenvalue weighted by Crippen LogP contribution is -2.54. The van der Waals surface area contributed by atoms with E-state index in [0.717, 1.165) is 25.7 Å². The topological polar surface area (TPSA) is 49.4 Å². The van der Waals surface area contributed by atoms with Gasteiger partial charge in [-0.3, -0.25) is 9.69 Å². The molecule has 3 aliphatic rings. The average molecular weight is 305 g/mol. The number of hydrogen-bond acceptors (Lipinski definition) is 2. The minimum atomic E-state index is -0.755. The Morgan fingerprint density at radius 1 is 1.37 bits per heavy atom. The smallest absolute Gasteiger partial charge is 0.323 e. The average Bonchev–Trinajstić information content (AvgIpc) is 2.87. The minimum absolute atomic E-state index is 0.0135. The number of urea groups is 1. The van der Waals surface area contributed by atoms with Gasteiger partial charge in [0.15, 0.2) is 0 Å². The van der Waals surface area contributed by atoms with Gasteiger partial charge in [-0.15, -0.1) is 23.2 Å². The highest BCUT2D eigenvalue weighted by molar-refractivity contribution is 6.50. The standard InChI is InChI=1S/C13H18Cl2N2O2/c1-8-4-2-3-5-12(8)10(18)17(11(19)16-12)7-9-6-13(9,14)15/h8-9H,2-7H2,1H3,(H,16,19)/t8-,9-,12+/m0/s1. The molecule has 1 aliphatic heterocycles. The molecule has 2 saturated carbocycles. The fourth-order valence-electron chi connectivity index (χ4n) is 3.35. The monoisotopic (exact) mass is 304 g/mol. The predicted molar refractivity (Wildman–Crippen MR) is 73.2 cm³/mol. The zero-order chi connectivity index (χ0) is 13.8. The highest BCUT2D eigenvalue weighted by Gasteiger charge is 2.59. The van der Waals surface area contributed by atoms with E-state index in [1.165, 1.54) is 4.90 Å². The predicted octanol–water partition coefficient (Wildman–Crippen LogP) is 2.68. The van der Waals surface area contributed by atoms with Crippen LogP contribution in [0.25, 0.3) is 0 Å². The third-order valence-corrected chi connectivity index (χ3v) is 5.79. The van der Waals surface area contributed by atoms with Crippen molar-refractivity contribution in [1.82, 2.24) is 10.2 Å². The fraction of sp³-hybridized carbons (Fsp3) is 0.846. The summed E-state index contributed by atoms with van der Waals surface area (Å²) in [5.41, 5.74) is -0.675. The van der Waals surface area contributed by atoms with Gasteiger partial charge >= 0.3 is 6.03 Å². The van der Waals surface area contributed by atoms with E-state index in [1.54, 1.807) is 0 Å². The molecule has 2 aliphatic carbocycles. The van der Waals surface area contributed by atoms with Crippen molar-refractivity contribution in [3.8, 4) is 0 Å². The Balaban J connectivity index is 1.77. The van der Waals surface area contributed by atoms with Crippen molar-refractivity contribution in [3.63, 3.8) is 0 Å². The van der Waals surface area contributed by atoms with Crippen molar-refractivity contribution in [2.24, 2.45) is 11.8 Å². The number of carbonyl (C=O) groups excluding carboxylic acids is 2. The minimum Gasteiger partial charge on any atom is -0.323 e. The second kappa shape index (κ2) is 4.26. The quantitative estimate of drug-likeness (QED) is 0.630. The second-order valence-electron chi connectivity index (χ2n) is 6.13. The van der Waals surface area contributed by atoms with Crippen LogP contribution >= 0.6 is 23.2 Å². The van der Waals surface area contributed by atoms with E-state index in [1.807, 2.05) is 6.92 Å². The SMILES string of the molecule is C[C@H]1CCCC[C@@]12NC(=O)N(C[C@@H]1CC1(Cl)Cl)C2=O. The van der Waals surface area contributed by atoms with Crippen LogP contribution < -0.4 is 5.32 Å². The van der Waals surface area contributed by atoms with E-state index in [2.05, 4.69) is 5.32 Å². The highest BCUT2D eigenvalue weighted by Crippen LogP contribution is 2.54. The highest BCUT2D eigenvalue weighted by atomic mass is 35.5. The summed E-state index contributed by atoms with van der Waals surface area (Å²) >= 11 is 12.0. The van der Waals surface area contributed by atoms with Gasteiger partial charge in [0.25, 0.3) is 5.91 Å². The molecule has 106 valence electrons. The zero-order valence-corrected chi connectivity index (χ0v) is 12.4. The summed E-state index contributed by atoms with van der Waals surface area (Å²) in [5.74, 6) is 0.124. The van der Waals surface area contributed by atoms with Gasteiger partial charge in [0.1, 0.15) is 9.87 Å². The first kappa shape index (κ1) is 13.5. The summed E-state index contributed by atoms with van der Waals surface area (Å²) in [6.45, 7) is 2.39.